The third-order valence-electron chi connectivity index (χ3n) is 4.28. The summed E-state index contributed by atoms with van der Waals surface area (Å²) in [6, 6.07) is 7.78. The topological polar surface area (TPSA) is 81.3 Å². The summed E-state index contributed by atoms with van der Waals surface area (Å²) in [6.45, 7) is 3.80. The monoisotopic (exact) mass is 348 g/mol. The fourth-order valence-electron chi connectivity index (χ4n) is 2.91. The van der Waals surface area contributed by atoms with Gasteiger partial charge in [0, 0.05) is 12.2 Å². The molecule has 1 aliphatic heterocycles. The number of aromatic nitrogens is 2. The zero-order chi connectivity index (χ0) is 17.2. The number of nitrogens with zero attached hydrogens (tertiary/aromatic N) is 1. The molecule has 1 saturated heterocycles. The Labute approximate surface area is 144 Å². The van der Waals surface area contributed by atoms with Crippen LogP contribution < -0.4 is 0 Å². The Balaban J connectivity index is 1.66. The largest absolute Gasteiger partial charge is 0.465 e. The van der Waals surface area contributed by atoms with Gasteiger partial charge in [-0.05, 0) is 25.5 Å². The van der Waals surface area contributed by atoms with Crippen LogP contribution in [0, 0.1) is 5.41 Å². The molecule has 1 fully saturated rings. The summed E-state index contributed by atoms with van der Waals surface area (Å²) in [6.07, 6.45) is 0.422. The number of benzene rings is 1. The fraction of sp³-hybridized carbons (Fsp3) is 0.471. The number of fused-ring (bicyclic) bond motifs is 1. The van der Waals surface area contributed by atoms with Gasteiger partial charge in [-0.1, -0.05) is 30.8 Å². The van der Waals surface area contributed by atoms with Crippen molar-refractivity contribution in [3.63, 3.8) is 0 Å². The molecule has 2 aromatic rings. The molecule has 2 heterocycles. The minimum absolute atomic E-state index is 0.256. The van der Waals surface area contributed by atoms with Gasteiger partial charge in [0.05, 0.1) is 17.6 Å². The van der Waals surface area contributed by atoms with Crippen LogP contribution in [-0.4, -0.2) is 40.4 Å². The lowest BCUT2D eigenvalue weighted by Crippen LogP contribution is -2.36. The molecule has 128 valence electrons. The van der Waals surface area contributed by atoms with E-state index in [4.69, 9.17) is 9.47 Å². The van der Waals surface area contributed by atoms with E-state index in [1.807, 2.05) is 31.2 Å². The highest BCUT2D eigenvalue weighted by Crippen LogP contribution is 2.40. The summed E-state index contributed by atoms with van der Waals surface area (Å²) in [7, 11) is 0. The summed E-state index contributed by atoms with van der Waals surface area (Å²) in [5.41, 5.74) is 0.713. The van der Waals surface area contributed by atoms with Crippen LogP contribution >= 0.6 is 11.8 Å². The molecule has 0 spiro atoms. The van der Waals surface area contributed by atoms with E-state index in [1.165, 1.54) is 11.8 Å². The first kappa shape index (κ1) is 16.8. The molecule has 0 radical (unpaired) electrons. The number of cyclic esters (lactones) is 1. The first-order valence-electron chi connectivity index (χ1n) is 8.05. The van der Waals surface area contributed by atoms with Crippen molar-refractivity contribution in [3.05, 3.63) is 24.3 Å². The van der Waals surface area contributed by atoms with Crippen LogP contribution in [0.25, 0.3) is 11.0 Å². The highest BCUT2D eigenvalue weighted by molar-refractivity contribution is 7.99. The number of nitrogens with one attached hydrogen (secondary N) is 1. The van der Waals surface area contributed by atoms with Gasteiger partial charge in [0.25, 0.3) is 0 Å². The van der Waals surface area contributed by atoms with E-state index in [0.717, 1.165) is 16.2 Å². The number of para-hydroxylation sites is 2. The summed E-state index contributed by atoms with van der Waals surface area (Å²) < 4.78 is 10.5. The maximum atomic E-state index is 12.3. The molecule has 0 amide bonds. The van der Waals surface area contributed by atoms with Gasteiger partial charge in [-0.2, -0.15) is 0 Å². The summed E-state index contributed by atoms with van der Waals surface area (Å²) in [5, 5.41) is 0.775. The van der Waals surface area contributed by atoms with Gasteiger partial charge in [0.2, 0.25) is 0 Å². The number of H-pyrrole nitrogens is 1. The highest BCUT2D eigenvalue weighted by atomic mass is 32.2. The van der Waals surface area contributed by atoms with Crippen molar-refractivity contribution in [1.82, 2.24) is 9.97 Å². The van der Waals surface area contributed by atoms with Gasteiger partial charge >= 0.3 is 11.9 Å². The summed E-state index contributed by atoms with van der Waals surface area (Å²) in [5.74, 6) is -0.403. The third kappa shape index (κ3) is 3.00. The van der Waals surface area contributed by atoms with Crippen molar-refractivity contribution in [2.75, 3.05) is 12.4 Å². The number of rotatable bonds is 6. The van der Waals surface area contributed by atoms with Crippen molar-refractivity contribution >= 4 is 34.7 Å². The van der Waals surface area contributed by atoms with E-state index in [-0.39, 0.29) is 12.7 Å². The summed E-state index contributed by atoms with van der Waals surface area (Å²) in [4.78, 5) is 32.2. The molecule has 0 aliphatic carbocycles. The van der Waals surface area contributed by atoms with Crippen LogP contribution in [-0.2, 0) is 19.1 Å². The maximum Gasteiger partial charge on any atom is 0.323 e. The van der Waals surface area contributed by atoms with Crippen LogP contribution in [0.15, 0.2) is 29.4 Å². The predicted octanol–water partition coefficient (Wildman–Crippen LogP) is 2.93. The number of aromatic amines is 1. The standard InChI is InChI=1S/C17H20N2O4S/c1-3-17(14(20)22-4-2)9-11(23-15(17)21)10-24-16-18-12-7-5-6-8-13(12)19-16/h5-8,11H,3-4,9-10H2,1-2H3,(H,18,19)/t11-,17+/m0/s1. The Hall–Kier alpha value is -2.02. The minimum atomic E-state index is -1.16. The molecule has 0 bridgehead atoms. The molecule has 7 heteroatoms. The van der Waals surface area contributed by atoms with Crippen LogP contribution in [0.4, 0.5) is 0 Å². The van der Waals surface area contributed by atoms with Gasteiger partial charge in [-0.25, -0.2) is 4.98 Å². The van der Waals surface area contributed by atoms with Gasteiger partial charge in [0.1, 0.15) is 6.10 Å². The number of carbonyl (C=O) groups is 2. The van der Waals surface area contributed by atoms with Crippen molar-refractivity contribution in [1.29, 1.82) is 0 Å². The van der Waals surface area contributed by atoms with E-state index in [0.29, 0.717) is 18.6 Å². The van der Waals surface area contributed by atoms with Gasteiger partial charge in [-0.15, -0.1) is 0 Å². The molecule has 6 nitrogen and oxygen atoms in total. The molecule has 1 aromatic carbocycles. The Bertz CT molecular complexity index is 727. The molecule has 1 N–H and O–H groups in total. The SMILES string of the molecule is CCOC(=O)[C@@]1(CC)C[C@@H](CSc2nc3ccccc3[nH]2)OC1=O. The first-order chi connectivity index (χ1) is 11.6. The number of thioether (sulfide) groups is 1. The fourth-order valence-corrected chi connectivity index (χ4v) is 3.78. The quantitative estimate of drug-likeness (QED) is 0.491. The minimum Gasteiger partial charge on any atom is -0.465 e. The summed E-state index contributed by atoms with van der Waals surface area (Å²) >= 11 is 1.49. The molecule has 3 rings (SSSR count). The van der Waals surface area contributed by atoms with E-state index in [2.05, 4.69) is 9.97 Å². The molecule has 0 unspecified atom stereocenters. The van der Waals surface area contributed by atoms with E-state index in [1.54, 1.807) is 6.92 Å². The number of carbonyl (C=O) groups excluding carboxylic acids is 2. The average molecular weight is 348 g/mol. The van der Waals surface area contributed by atoms with Gasteiger partial charge in [0.15, 0.2) is 10.6 Å². The zero-order valence-corrected chi connectivity index (χ0v) is 14.5. The maximum absolute atomic E-state index is 12.3. The highest BCUT2D eigenvalue weighted by Gasteiger charge is 2.54. The van der Waals surface area contributed by atoms with Crippen LogP contribution in [0.1, 0.15) is 26.7 Å². The second-order valence-electron chi connectivity index (χ2n) is 5.76. The normalized spacial score (nSPS) is 23.4. The Kier molecular flexibility index (Phi) is 4.80. The molecule has 1 aliphatic rings. The van der Waals surface area contributed by atoms with E-state index < -0.39 is 17.4 Å². The number of esters is 2. The Morgan fingerprint density at radius 2 is 2.25 bits per heavy atom. The number of imidazole rings is 1. The van der Waals surface area contributed by atoms with Gasteiger partial charge in [-0.3, -0.25) is 9.59 Å². The van der Waals surface area contributed by atoms with Gasteiger partial charge < -0.3 is 14.5 Å². The van der Waals surface area contributed by atoms with Crippen LogP contribution in [0.5, 0.6) is 0 Å². The molecular weight excluding hydrogens is 328 g/mol. The van der Waals surface area contributed by atoms with E-state index >= 15 is 0 Å². The second-order valence-corrected chi connectivity index (χ2v) is 6.77. The predicted molar refractivity (Wildman–Crippen MR) is 90.7 cm³/mol. The smallest absolute Gasteiger partial charge is 0.323 e. The molecule has 1 aromatic heterocycles. The lowest BCUT2D eigenvalue weighted by molar-refractivity contribution is -0.165. The van der Waals surface area contributed by atoms with E-state index in [9.17, 15) is 9.59 Å². The number of ether oxygens (including phenoxy) is 2. The first-order valence-corrected chi connectivity index (χ1v) is 9.03. The Morgan fingerprint density at radius 1 is 1.46 bits per heavy atom. The van der Waals surface area contributed by atoms with Crippen LogP contribution in [0.3, 0.4) is 0 Å². The molecule has 2 atom stereocenters. The van der Waals surface area contributed by atoms with Crippen LogP contribution in [0.2, 0.25) is 0 Å². The molecule has 24 heavy (non-hydrogen) atoms. The molecular formula is C17H20N2O4S. The lowest BCUT2D eigenvalue weighted by Gasteiger charge is -2.20. The number of hydrogen-bond acceptors (Lipinski definition) is 6. The zero-order valence-electron chi connectivity index (χ0n) is 13.7. The number of hydrogen-bond donors (Lipinski definition) is 1. The third-order valence-corrected chi connectivity index (χ3v) is 5.29. The van der Waals surface area contributed by atoms with Crippen molar-refractivity contribution in [3.8, 4) is 0 Å². The Morgan fingerprint density at radius 3 is 2.96 bits per heavy atom. The molecule has 0 saturated carbocycles. The average Bonchev–Trinajstić information content (AvgIpc) is 3.14. The lowest BCUT2D eigenvalue weighted by atomic mass is 9.82. The second kappa shape index (κ2) is 6.84. The van der Waals surface area contributed by atoms with Crippen molar-refractivity contribution in [2.24, 2.45) is 5.41 Å². The van der Waals surface area contributed by atoms with Crippen molar-refractivity contribution < 1.29 is 19.1 Å². The van der Waals surface area contributed by atoms with Crippen molar-refractivity contribution in [2.45, 2.75) is 37.9 Å².